The second-order valence-corrected chi connectivity index (χ2v) is 8.45. The quantitative estimate of drug-likeness (QED) is 0.335. The van der Waals surface area contributed by atoms with Crippen molar-refractivity contribution in [2.24, 2.45) is 0 Å². The smallest absolute Gasteiger partial charge is 0.228 e. The topological polar surface area (TPSA) is 20.3 Å². The van der Waals surface area contributed by atoms with Gasteiger partial charge >= 0.3 is 0 Å². The number of hydrogen-bond donors (Lipinski definition) is 0. The molecule has 0 aromatic heterocycles. The number of amides is 1. The maximum absolute atomic E-state index is 13.3. The summed E-state index contributed by atoms with van der Waals surface area (Å²) < 4.78 is 0. The summed E-state index contributed by atoms with van der Waals surface area (Å²) in [4.78, 5) is 15.2. The number of rotatable bonds is 3. The van der Waals surface area contributed by atoms with Gasteiger partial charge in [-0.25, -0.2) is 0 Å². The van der Waals surface area contributed by atoms with E-state index in [1.54, 1.807) is 0 Å². The van der Waals surface area contributed by atoms with Gasteiger partial charge < -0.3 is 4.90 Å². The first-order chi connectivity index (χ1) is 14.6. The van der Waals surface area contributed by atoms with E-state index in [0.29, 0.717) is 23.0 Å². The minimum Gasteiger partial charge on any atom is -0.308 e. The van der Waals surface area contributed by atoms with Crippen LogP contribution in [0.1, 0.15) is 29.0 Å². The first-order valence-electron chi connectivity index (χ1n) is 9.92. The third kappa shape index (κ3) is 3.36. The predicted molar refractivity (Wildman–Crippen MR) is 125 cm³/mol. The van der Waals surface area contributed by atoms with Crippen molar-refractivity contribution in [2.75, 3.05) is 4.90 Å². The number of halogens is 2. The number of benzene rings is 4. The van der Waals surface area contributed by atoms with Crippen LogP contribution >= 0.6 is 23.2 Å². The van der Waals surface area contributed by atoms with E-state index in [2.05, 4.69) is 30.3 Å². The van der Waals surface area contributed by atoms with Gasteiger partial charge in [0.25, 0.3) is 0 Å². The van der Waals surface area contributed by atoms with Crippen molar-refractivity contribution in [3.05, 3.63) is 112 Å². The Hall–Kier alpha value is -2.81. The Bertz CT molecular complexity index is 1270. The molecule has 0 aliphatic carbocycles. The minimum absolute atomic E-state index is 0.0419. The third-order valence-electron chi connectivity index (χ3n) is 5.80. The van der Waals surface area contributed by atoms with Gasteiger partial charge in [-0.2, -0.15) is 0 Å². The van der Waals surface area contributed by atoms with E-state index in [-0.39, 0.29) is 11.8 Å². The van der Waals surface area contributed by atoms with E-state index in [1.807, 2.05) is 59.5 Å². The molecule has 1 aliphatic rings. The van der Waals surface area contributed by atoms with Crippen LogP contribution in [0.25, 0.3) is 10.8 Å². The van der Waals surface area contributed by atoms with Gasteiger partial charge in [-0.3, -0.25) is 4.79 Å². The number of anilines is 1. The standard InChI is InChI=1S/C26H19Cl2NO/c27-20-9-5-8-18(14-20)22-15-25(30)29(16-19-7-2-4-11-23(19)28)24-13-12-17-6-1-3-10-21(17)26(22)24/h1-14,22H,15-16H2. The van der Waals surface area contributed by atoms with Crippen molar-refractivity contribution >= 4 is 45.6 Å². The molecule has 1 amide bonds. The zero-order valence-corrected chi connectivity index (χ0v) is 17.7. The van der Waals surface area contributed by atoms with E-state index in [1.165, 1.54) is 5.56 Å². The fourth-order valence-electron chi connectivity index (χ4n) is 4.39. The van der Waals surface area contributed by atoms with E-state index < -0.39 is 0 Å². The Morgan fingerprint density at radius 1 is 0.867 bits per heavy atom. The highest BCUT2D eigenvalue weighted by Crippen LogP contribution is 2.45. The summed E-state index contributed by atoms with van der Waals surface area (Å²) in [5, 5.41) is 3.68. The lowest BCUT2D eigenvalue weighted by Crippen LogP contribution is -2.36. The molecule has 0 bridgehead atoms. The zero-order valence-electron chi connectivity index (χ0n) is 16.2. The number of hydrogen-bond acceptors (Lipinski definition) is 1. The molecule has 2 nitrogen and oxygen atoms in total. The molecule has 1 atom stereocenters. The summed E-state index contributed by atoms with van der Waals surface area (Å²) in [5.41, 5.74) is 4.11. The van der Waals surface area contributed by atoms with Gasteiger partial charge in [0.05, 0.1) is 6.54 Å². The van der Waals surface area contributed by atoms with Crippen LogP contribution in [-0.2, 0) is 11.3 Å². The highest BCUT2D eigenvalue weighted by molar-refractivity contribution is 6.31. The van der Waals surface area contributed by atoms with Crippen LogP contribution in [0.4, 0.5) is 5.69 Å². The van der Waals surface area contributed by atoms with Crippen molar-refractivity contribution in [1.29, 1.82) is 0 Å². The zero-order chi connectivity index (χ0) is 20.7. The Morgan fingerprint density at radius 3 is 2.50 bits per heavy atom. The summed E-state index contributed by atoms with van der Waals surface area (Å²) >= 11 is 12.7. The molecule has 30 heavy (non-hydrogen) atoms. The summed E-state index contributed by atoms with van der Waals surface area (Å²) in [6.45, 7) is 0.451. The van der Waals surface area contributed by atoms with Crippen molar-refractivity contribution in [2.45, 2.75) is 18.9 Å². The molecule has 0 spiro atoms. The summed E-state index contributed by atoms with van der Waals surface area (Å²) in [6.07, 6.45) is 0.395. The molecule has 0 N–H and O–H groups in total. The molecule has 148 valence electrons. The summed E-state index contributed by atoms with van der Waals surface area (Å²) in [7, 11) is 0. The number of carbonyl (C=O) groups excluding carboxylic acids is 1. The molecular weight excluding hydrogens is 413 g/mol. The van der Waals surface area contributed by atoms with Crippen LogP contribution in [0, 0.1) is 0 Å². The average molecular weight is 432 g/mol. The average Bonchev–Trinajstić information content (AvgIpc) is 2.76. The molecule has 0 saturated heterocycles. The molecule has 0 radical (unpaired) electrons. The third-order valence-corrected chi connectivity index (χ3v) is 6.41. The molecule has 4 aromatic carbocycles. The van der Waals surface area contributed by atoms with E-state index in [4.69, 9.17) is 23.2 Å². The molecule has 4 heteroatoms. The Kier molecular flexibility index (Phi) is 4.98. The highest BCUT2D eigenvalue weighted by Gasteiger charge is 2.34. The van der Waals surface area contributed by atoms with Gasteiger partial charge in [-0.05, 0) is 51.7 Å². The monoisotopic (exact) mass is 431 g/mol. The first-order valence-corrected chi connectivity index (χ1v) is 10.7. The highest BCUT2D eigenvalue weighted by atomic mass is 35.5. The molecule has 4 aromatic rings. The van der Waals surface area contributed by atoms with Crippen LogP contribution in [-0.4, -0.2) is 5.91 Å². The largest absolute Gasteiger partial charge is 0.308 e. The first kappa shape index (κ1) is 19.2. The maximum atomic E-state index is 13.3. The second-order valence-electron chi connectivity index (χ2n) is 7.60. The maximum Gasteiger partial charge on any atom is 0.228 e. The molecule has 1 unspecified atom stereocenters. The van der Waals surface area contributed by atoms with Crippen LogP contribution < -0.4 is 4.90 Å². The Morgan fingerprint density at radius 2 is 1.67 bits per heavy atom. The van der Waals surface area contributed by atoms with Crippen molar-refractivity contribution in [3.8, 4) is 0 Å². The predicted octanol–water partition coefficient (Wildman–Crippen LogP) is 7.22. The Labute approximate surface area is 185 Å². The van der Waals surface area contributed by atoms with Crippen molar-refractivity contribution in [1.82, 2.24) is 0 Å². The fraction of sp³-hybridized carbons (Fsp3) is 0.115. The molecule has 0 fully saturated rings. The number of fused-ring (bicyclic) bond motifs is 3. The lowest BCUT2D eigenvalue weighted by atomic mass is 9.81. The summed E-state index contributed by atoms with van der Waals surface area (Å²) in [6, 6.07) is 28.0. The van der Waals surface area contributed by atoms with E-state index >= 15 is 0 Å². The van der Waals surface area contributed by atoms with Gasteiger partial charge in [-0.15, -0.1) is 0 Å². The molecule has 1 heterocycles. The van der Waals surface area contributed by atoms with E-state index in [9.17, 15) is 4.79 Å². The van der Waals surface area contributed by atoms with Crippen LogP contribution in [0.5, 0.6) is 0 Å². The van der Waals surface area contributed by atoms with Gasteiger partial charge in [0.15, 0.2) is 0 Å². The van der Waals surface area contributed by atoms with Crippen LogP contribution in [0.3, 0.4) is 0 Å². The number of carbonyl (C=O) groups is 1. The molecule has 1 aliphatic heterocycles. The molecule has 5 rings (SSSR count). The second kappa shape index (κ2) is 7.79. The molecule has 0 saturated carbocycles. The van der Waals surface area contributed by atoms with Gasteiger partial charge in [0.1, 0.15) is 0 Å². The summed E-state index contributed by atoms with van der Waals surface area (Å²) in [5.74, 6) is 0.0440. The Balaban J connectivity index is 1.70. The minimum atomic E-state index is -0.0419. The lowest BCUT2D eigenvalue weighted by Gasteiger charge is -2.35. The normalized spacial score (nSPS) is 16.0. The van der Waals surface area contributed by atoms with Gasteiger partial charge in [0, 0.05) is 28.1 Å². The molecular formula is C26H19Cl2NO. The lowest BCUT2D eigenvalue weighted by molar-refractivity contribution is -0.119. The van der Waals surface area contributed by atoms with Gasteiger partial charge in [0.2, 0.25) is 5.91 Å². The SMILES string of the molecule is O=C1CC(c2cccc(Cl)c2)c2c(ccc3ccccc23)N1Cc1ccccc1Cl. The van der Waals surface area contributed by atoms with Crippen LogP contribution in [0.15, 0.2) is 84.9 Å². The number of nitrogens with zero attached hydrogens (tertiary/aromatic N) is 1. The van der Waals surface area contributed by atoms with Gasteiger partial charge in [-0.1, -0.05) is 83.9 Å². The van der Waals surface area contributed by atoms with Crippen molar-refractivity contribution in [3.63, 3.8) is 0 Å². The fourth-order valence-corrected chi connectivity index (χ4v) is 4.78. The van der Waals surface area contributed by atoms with Crippen LogP contribution in [0.2, 0.25) is 10.0 Å². The van der Waals surface area contributed by atoms with Crippen molar-refractivity contribution < 1.29 is 4.79 Å². The van der Waals surface area contributed by atoms with E-state index in [0.717, 1.165) is 27.6 Å².